The number of hydrogen-bond acceptors (Lipinski definition) is 4. The fraction of sp³-hybridized carbons (Fsp3) is 0.154. The molecule has 96 valence electrons. The molecule has 1 aromatic heterocycles. The molecule has 6 heteroatoms. The Morgan fingerprint density at radius 2 is 2.16 bits per heavy atom. The van der Waals surface area contributed by atoms with Crippen LogP contribution in [0.5, 0.6) is 5.75 Å². The molecule has 2 heterocycles. The first-order chi connectivity index (χ1) is 9.15. The maximum Gasteiger partial charge on any atom is 0.345 e. The van der Waals surface area contributed by atoms with Crippen LogP contribution in [0.15, 0.2) is 35.3 Å². The Morgan fingerprint density at radius 3 is 2.95 bits per heavy atom. The fourth-order valence-corrected chi connectivity index (χ4v) is 1.98. The minimum absolute atomic E-state index is 0.0505. The van der Waals surface area contributed by atoms with E-state index in [9.17, 15) is 9.59 Å². The third kappa shape index (κ3) is 1.97. The number of benzene rings is 1. The Hall–Kier alpha value is -2.63. The molecule has 0 aliphatic carbocycles. The van der Waals surface area contributed by atoms with Gasteiger partial charge in [-0.2, -0.15) is 0 Å². The van der Waals surface area contributed by atoms with E-state index in [1.165, 1.54) is 6.20 Å². The first-order valence-electron chi connectivity index (χ1n) is 5.74. The number of anilines is 1. The van der Waals surface area contributed by atoms with Gasteiger partial charge in [0.2, 0.25) is 0 Å². The van der Waals surface area contributed by atoms with Crippen molar-refractivity contribution in [2.24, 2.45) is 0 Å². The van der Waals surface area contributed by atoms with Crippen LogP contribution in [0.25, 0.3) is 11.3 Å². The van der Waals surface area contributed by atoms with Crippen molar-refractivity contribution in [3.8, 4) is 17.0 Å². The highest BCUT2D eigenvalue weighted by atomic mass is 16.5. The molecule has 0 spiro atoms. The minimum atomic E-state index is -0.407. The van der Waals surface area contributed by atoms with Gasteiger partial charge in [-0.05, 0) is 24.3 Å². The number of ether oxygens (including phenoxy) is 1. The van der Waals surface area contributed by atoms with E-state index in [4.69, 9.17) is 4.74 Å². The number of aromatic amines is 1. The van der Waals surface area contributed by atoms with Crippen LogP contribution in [0.1, 0.15) is 0 Å². The number of nitrogens with one attached hydrogen (secondary N) is 1. The molecular formula is C13H11N3O3. The van der Waals surface area contributed by atoms with Crippen molar-refractivity contribution in [3.63, 3.8) is 0 Å². The molecule has 0 fully saturated rings. The third-order valence-corrected chi connectivity index (χ3v) is 3.03. The Labute approximate surface area is 108 Å². The highest BCUT2D eigenvalue weighted by Crippen LogP contribution is 2.34. The monoisotopic (exact) mass is 257 g/mol. The zero-order valence-electron chi connectivity index (χ0n) is 10.2. The molecule has 0 saturated carbocycles. The summed E-state index contributed by atoms with van der Waals surface area (Å²) in [6, 6.07) is 7.12. The summed E-state index contributed by atoms with van der Waals surface area (Å²) >= 11 is 0. The van der Waals surface area contributed by atoms with E-state index < -0.39 is 5.69 Å². The quantitative estimate of drug-likeness (QED) is 0.819. The normalized spacial score (nSPS) is 13.9. The minimum Gasteiger partial charge on any atom is -0.482 e. The number of likely N-dealkylation sites (N-methyl/N-ethyl adjacent to an activating group) is 1. The predicted molar refractivity (Wildman–Crippen MR) is 69.2 cm³/mol. The molecule has 0 bridgehead atoms. The maximum absolute atomic E-state index is 11.6. The lowest BCUT2D eigenvalue weighted by atomic mass is 10.1. The van der Waals surface area contributed by atoms with Crippen molar-refractivity contribution in [2.45, 2.75) is 0 Å². The van der Waals surface area contributed by atoms with Gasteiger partial charge in [0.15, 0.2) is 6.61 Å². The Morgan fingerprint density at radius 1 is 1.32 bits per heavy atom. The molecule has 1 aliphatic heterocycles. The van der Waals surface area contributed by atoms with Gasteiger partial charge in [-0.1, -0.05) is 0 Å². The predicted octanol–water partition coefficient (Wildman–Crippen LogP) is 0.792. The average molecular weight is 257 g/mol. The summed E-state index contributed by atoms with van der Waals surface area (Å²) in [6.07, 6.45) is 1.44. The smallest absolute Gasteiger partial charge is 0.345 e. The Kier molecular flexibility index (Phi) is 2.56. The van der Waals surface area contributed by atoms with Crippen LogP contribution >= 0.6 is 0 Å². The van der Waals surface area contributed by atoms with Crippen molar-refractivity contribution < 1.29 is 9.53 Å². The molecule has 1 aliphatic rings. The number of H-pyrrole nitrogens is 1. The third-order valence-electron chi connectivity index (χ3n) is 3.03. The summed E-state index contributed by atoms with van der Waals surface area (Å²) in [7, 11) is 1.70. The summed E-state index contributed by atoms with van der Waals surface area (Å²) in [6.45, 7) is 0.0505. The van der Waals surface area contributed by atoms with E-state index in [0.717, 1.165) is 5.56 Å². The van der Waals surface area contributed by atoms with Crippen LogP contribution in [0.2, 0.25) is 0 Å². The average Bonchev–Trinajstić information content (AvgIpc) is 2.43. The highest BCUT2D eigenvalue weighted by molar-refractivity contribution is 5.98. The second-order valence-electron chi connectivity index (χ2n) is 4.21. The fourth-order valence-electron chi connectivity index (χ4n) is 1.98. The van der Waals surface area contributed by atoms with Crippen molar-refractivity contribution in [1.82, 2.24) is 9.97 Å². The largest absolute Gasteiger partial charge is 0.482 e. The molecule has 1 aromatic carbocycles. The van der Waals surface area contributed by atoms with Gasteiger partial charge >= 0.3 is 5.69 Å². The SMILES string of the molecule is CN1C(=O)COc2ccc(-c3ccnc(=O)[nH]3)cc21. The highest BCUT2D eigenvalue weighted by Gasteiger charge is 2.22. The molecule has 0 saturated heterocycles. The number of aromatic nitrogens is 2. The molecule has 6 nitrogen and oxygen atoms in total. The lowest BCUT2D eigenvalue weighted by molar-refractivity contribution is -0.120. The number of carbonyl (C=O) groups excluding carboxylic acids is 1. The van der Waals surface area contributed by atoms with E-state index in [1.54, 1.807) is 30.1 Å². The molecule has 2 aromatic rings. The van der Waals surface area contributed by atoms with E-state index in [2.05, 4.69) is 9.97 Å². The van der Waals surface area contributed by atoms with Crippen LogP contribution in [0.3, 0.4) is 0 Å². The van der Waals surface area contributed by atoms with Gasteiger partial charge in [-0.15, -0.1) is 0 Å². The van der Waals surface area contributed by atoms with Crippen molar-refractivity contribution >= 4 is 11.6 Å². The summed E-state index contributed by atoms with van der Waals surface area (Å²) in [5.41, 5.74) is 1.72. The topological polar surface area (TPSA) is 75.3 Å². The maximum atomic E-state index is 11.6. The first-order valence-corrected chi connectivity index (χ1v) is 5.74. The van der Waals surface area contributed by atoms with Crippen molar-refractivity contribution in [1.29, 1.82) is 0 Å². The van der Waals surface area contributed by atoms with Crippen molar-refractivity contribution in [3.05, 3.63) is 40.9 Å². The first kappa shape index (κ1) is 11.5. The summed E-state index contributed by atoms with van der Waals surface area (Å²) in [5, 5.41) is 0. The Balaban J connectivity index is 2.11. The van der Waals surface area contributed by atoms with Crippen LogP contribution in [-0.4, -0.2) is 29.5 Å². The lowest BCUT2D eigenvalue weighted by Crippen LogP contribution is -2.35. The van der Waals surface area contributed by atoms with Gasteiger partial charge in [0, 0.05) is 18.8 Å². The van der Waals surface area contributed by atoms with Gasteiger partial charge in [0.25, 0.3) is 5.91 Å². The van der Waals surface area contributed by atoms with Crippen LogP contribution in [0.4, 0.5) is 5.69 Å². The number of amides is 1. The second kappa shape index (κ2) is 4.24. The van der Waals surface area contributed by atoms with Crippen LogP contribution in [-0.2, 0) is 4.79 Å². The number of fused-ring (bicyclic) bond motifs is 1. The molecule has 0 radical (unpaired) electrons. The van der Waals surface area contributed by atoms with Gasteiger partial charge in [-0.3, -0.25) is 4.79 Å². The van der Waals surface area contributed by atoms with E-state index in [1.807, 2.05) is 6.07 Å². The second-order valence-corrected chi connectivity index (χ2v) is 4.21. The summed E-state index contributed by atoms with van der Waals surface area (Å²) < 4.78 is 5.35. The molecule has 1 amide bonds. The van der Waals surface area contributed by atoms with Gasteiger partial charge < -0.3 is 14.6 Å². The molecule has 0 atom stereocenters. The lowest BCUT2D eigenvalue weighted by Gasteiger charge is -2.26. The number of rotatable bonds is 1. The Bertz CT molecular complexity index is 708. The number of hydrogen-bond donors (Lipinski definition) is 1. The number of carbonyl (C=O) groups is 1. The van der Waals surface area contributed by atoms with E-state index in [-0.39, 0.29) is 12.5 Å². The standard InChI is InChI=1S/C13H11N3O3/c1-16-10-6-8(9-4-5-14-13(18)15-9)2-3-11(10)19-7-12(16)17/h2-6H,7H2,1H3,(H,14,15,18). The molecular weight excluding hydrogens is 246 g/mol. The van der Waals surface area contributed by atoms with Gasteiger partial charge in [0.05, 0.1) is 11.4 Å². The molecule has 3 rings (SSSR count). The van der Waals surface area contributed by atoms with Gasteiger partial charge in [0.1, 0.15) is 5.75 Å². The van der Waals surface area contributed by atoms with Crippen LogP contribution < -0.4 is 15.3 Å². The zero-order chi connectivity index (χ0) is 13.4. The number of nitrogens with zero attached hydrogens (tertiary/aromatic N) is 2. The van der Waals surface area contributed by atoms with E-state index in [0.29, 0.717) is 17.1 Å². The van der Waals surface area contributed by atoms with E-state index >= 15 is 0 Å². The zero-order valence-corrected chi connectivity index (χ0v) is 10.2. The van der Waals surface area contributed by atoms with Crippen LogP contribution in [0, 0.1) is 0 Å². The summed E-state index contributed by atoms with van der Waals surface area (Å²) in [4.78, 5) is 30.6. The van der Waals surface area contributed by atoms with Crippen molar-refractivity contribution in [2.75, 3.05) is 18.6 Å². The molecule has 19 heavy (non-hydrogen) atoms. The molecule has 0 unspecified atom stereocenters. The molecule has 1 N–H and O–H groups in total. The van der Waals surface area contributed by atoms with Gasteiger partial charge in [-0.25, -0.2) is 9.78 Å². The summed E-state index contributed by atoms with van der Waals surface area (Å²) in [5.74, 6) is 0.551.